The molecule has 0 spiro atoms. The summed E-state index contributed by atoms with van der Waals surface area (Å²) in [5.74, 6) is 1.91. The third-order valence-electron chi connectivity index (χ3n) is 2.75. The molecule has 2 rings (SSSR count). The van der Waals surface area contributed by atoms with Crippen molar-refractivity contribution in [1.82, 2.24) is 9.97 Å². The molecule has 0 saturated heterocycles. The first-order valence-corrected chi connectivity index (χ1v) is 7.04. The fourth-order valence-corrected chi connectivity index (χ4v) is 2.13. The maximum atomic E-state index is 6.07. The Kier molecular flexibility index (Phi) is 4.27. The molecule has 6 heteroatoms. The van der Waals surface area contributed by atoms with Gasteiger partial charge < -0.3 is 11.1 Å². The van der Waals surface area contributed by atoms with Gasteiger partial charge in [0.05, 0.1) is 15.2 Å². The summed E-state index contributed by atoms with van der Waals surface area (Å²) < 4.78 is 0.797. The zero-order chi connectivity index (χ0) is 14.0. The number of nitrogen functional groups attached to an aromatic ring is 1. The monoisotopic (exact) mass is 340 g/mol. The summed E-state index contributed by atoms with van der Waals surface area (Å²) in [5, 5.41) is 3.87. The third-order valence-corrected chi connectivity index (χ3v) is 4.15. The predicted molar refractivity (Wildman–Crippen MR) is 83.0 cm³/mol. The van der Waals surface area contributed by atoms with Crippen LogP contribution in [0.2, 0.25) is 5.02 Å². The van der Waals surface area contributed by atoms with Crippen LogP contribution in [-0.2, 0) is 6.42 Å². The quantitative estimate of drug-likeness (QED) is 0.882. The molecule has 0 radical (unpaired) electrons. The molecule has 0 atom stereocenters. The zero-order valence-corrected chi connectivity index (χ0v) is 13.0. The maximum absolute atomic E-state index is 6.07. The van der Waals surface area contributed by atoms with Crippen molar-refractivity contribution >= 4 is 44.9 Å². The molecule has 0 fully saturated rings. The topological polar surface area (TPSA) is 63.8 Å². The van der Waals surface area contributed by atoms with Crippen LogP contribution in [0.3, 0.4) is 0 Å². The number of rotatable bonds is 3. The minimum Gasteiger partial charge on any atom is -0.383 e. The minimum atomic E-state index is 0.493. The van der Waals surface area contributed by atoms with Gasteiger partial charge in [-0.15, -0.1) is 0 Å². The molecular weight excluding hydrogens is 328 g/mol. The Balaban J connectivity index is 2.43. The number of nitrogens with one attached hydrogen (secondary N) is 1. The van der Waals surface area contributed by atoms with E-state index in [1.165, 1.54) is 0 Å². The average Bonchev–Trinajstić information content (AvgIpc) is 2.39. The SMILES string of the molecule is CCc1nc(N)c(C)c(Nc2cccc(Cl)c2Br)n1. The van der Waals surface area contributed by atoms with Gasteiger partial charge in [-0.1, -0.05) is 24.6 Å². The molecule has 0 aliphatic rings. The predicted octanol–water partition coefficient (Wildman–Crippen LogP) is 4.09. The van der Waals surface area contributed by atoms with Crippen molar-refractivity contribution < 1.29 is 0 Å². The average molecular weight is 342 g/mol. The van der Waals surface area contributed by atoms with Crippen LogP contribution < -0.4 is 11.1 Å². The van der Waals surface area contributed by atoms with Crippen molar-refractivity contribution in [2.45, 2.75) is 20.3 Å². The molecule has 0 aliphatic carbocycles. The summed E-state index contributed by atoms with van der Waals surface area (Å²) in [5.41, 5.74) is 7.56. The van der Waals surface area contributed by atoms with Crippen molar-refractivity contribution in [3.05, 3.63) is 39.1 Å². The number of anilines is 3. The van der Waals surface area contributed by atoms with Crippen LogP contribution in [0.1, 0.15) is 18.3 Å². The fourth-order valence-electron chi connectivity index (χ4n) is 1.59. The van der Waals surface area contributed by atoms with E-state index in [0.29, 0.717) is 22.5 Å². The van der Waals surface area contributed by atoms with Crippen molar-refractivity contribution in [3.63, 3.8) is 0 Å². The second-order valence-electron chi connectivity index (χ2n) is 4.08. The number of aryl methyl sites for hydroxylation is 1. The summed E-state index contributed by atoms with van der Waals surface area (Å²) in [6, 6.07) is 5.60. The lowest BCUT2D eigenvalue weighted by atomic mass is 10.2. The highest BCUT2D eigenvalue weighted by Crippen LogP contribution is 2.32. The first-order chi connectivity index (χ1) is 9.02. The van der Waals surface area contributed by atoms with Gasteiger partial charge in [0.2, 0.25) is 0 Å². The molecule has 1 aromatic heterocycles. The molecule has 0 amide bonds. The molecule has 0 aliphatic heterocycles. The van der Waals surface area contributed by atoms with Gasteiger partial charge in [0.25, 0.3) is 0 Å². The van der Waals surface area contributed by atoms with Crippen LogP contribution in [0.25, 0.3) is 0 Å². The molecule has 4 nitrogen and oxygen atoms in total. The van der Waals surface area contributed by atoms with Gasteiger partial charge in [0.15, 0.2) is 0 Å². The van der Waals surface area contributed by atoms with Crippen molar-refractivity contribution in [2.75, 3.05) is 11.1 Å². The van der Waals surface area contributed by atoms with E-state index in [0.717, 1.165) is 22.1 Å². The lowest BCUT2D eigenvalue weighted by Crippen LogP contribution is -2.06. The number of halogens is 2. The van der Waals surface area contributed by atoms with E-state index in [1.54, 1.807) is 0 Å². The molecule has 100 valence electrons. The first-order valence-electron chi connectivity index (χ1n) is 5.87. The van der Waals surface area contributed by atoms with E-state index in [2.05, 4.69) is 31.2 Å². The highest BCUT2D eigenvalue weighted by molar-refractivity contribution is 9.10. The van der Waals surface area contributed by atoms with Gasteiger partial charge in [0.1, 0.15) is 17.5 Å². The summed E-state index contributed by atoms with van der Waals surface area (Å²) >= 11 is 9.51. The number of nitrogens with zero attached hydrogens (tertiary/aromatic N) is 2. The molecule has 2 aromatic rings. The largest absolute Gasteiger partial charge is 0.383 e. The van der Waals surface area contributed by atoms with Crippen LogP contribution in [-0.4, -0.2) is 9.97 Å². The molecule has 0 saturated carbocycles. The highest BCUT2D eigenvalue weighted by atomic mass is 79.9. The second kappa shape index (κ2) is 5.75. The third kappa shape index (κ3) is 2.98. The molecule has 0 unspecified atom stereocenters. The first kappa shape index (κ1) is 14.1. The summed E-state index contributed by atoms with van der Waals surface area (Å²) in [7, 11) is 0. The van der Waals surface area contributed by atoms with Crippen LogP contribution in [0.15, 0.2) is 22.7 Å². The Morgan fingerprint density at radius 2 is 2.11 bits per heavy atom. The van der Waals surface area contributed by atoms with Crippen LogP contribution in [0.4, 0.5) is 17.3 Å². The van der Waals surface area contributed by atoms with Gasteiger partial charge in [-0.25, -0.2) is 9.97 Å². The maximum Gasteiger partial charge on any atom is 0.139 e. The van der Waals surface area contributed by atoms with E-state index in [9.17, 15) is 0 Å². The minimum absolute atomic E-state index is 0.493. The highest BCUT2D eigenvalue weighted by Gasteiger charge is 2.10. The van der Waals surface area contributed by atoms with Gasteiger partial charge in [0, 0.05) is 12.0 Å². The Labute approximate surface area is 125 Å². The Morgan fingerprint density at radius 3 is 2.79 bits per heavy atom. The number of nitrogens with two attached hydrogens (primary N) is 1. The van der Waals surface area contributed by atoms with Crippen molar-refractivity contribution in [3.8, 4) is 0 Å². The number of hydrogen-bond acceptors (Lipinski definition) is 4. The van der Waals surface area contributed by atoms with E-state index in [4.69, 9.17) is 17.3 Å². The Hall–Kier alpha value is -1.33. The standard InChI is InChI=1S/C13H14BrClN4/c1-3-10-18-12(16)7(2)13(19-10)17-9-6-4-5-8(15)11(9)14/h4-6H,3H2,1-2H3,(H3,16,17,18,19). The fraction of sp³-hybridized carbons (Fsp3) is 0.231. The molecule has 0 bridgehead atoms. The zero-order valence-electron chi connectivity index (χ0n) is 10.7. The van der Waals surface area contributed by atoms with E-state index in [-0.39, 0.29) is 0 Å². The smallest absolute Gasteiger partial charge is 0.139 e. The summed E-state index contributed by atoms with van der Waals surface area (Å²) in [4.78, 5) is 8.67. The van der Waals surface area contributed by atoms with Crippen LogP contribution >= 0.6 is 27.5 Å². The lowest BCUT2D eigenvalue weighted by Gasteiger charge is -2.13. The molecule has 1 aromatic carbocycles. The van der Waals surface area contributed by atoms with Crippen LogP contribution in [0, 0.1) is 6.92 Å². The van der Waals surface area contributed by atoms with Gasteiger partial charge in [-0.05, 0) is 35.0 Å². The van der Waals surface area contributed by atoms with Crippen molar-refractivity contribution in [2.24, 2.45) is 0 Å². The van der Waals surface area contributed by atoms with Crippen LogP contribution in [0.5, 0.6) is 0 Å². The van der Waals surface area contributed by atoms with Gasteiger partial charge >= 0.3 is 0 Å². The van der Waals surface area contributed by atoms with Gasteiger partial charge in [-0.2, -0.15) is 0 Å². The number of aromatic nitrogens is 2. The molecule has 1 heterocycles. The number of hydrogen-bond donors (Lipinski definition) is 2. The van der Waals surface area contributed by atoms with Crippen molar-refractivity contribution in [1.29, 1.82) is 0 Å². The summed E-state index contributed by atoms with van der Waals surface area (Å²) in [6.07, 6.45) is 0.732. The lowest BCUT2D eigenvalue weighted by molar-refractivity contribution is 0.940. The summed E-state index contributed by atoms with van der Waals surface area (Å²) in [6.45, 7) is 3.87. The normalized spacial score (nSPS) is 10.5. The van der Waals surface area contributed by atoms with E-state index in [1.807, 2.05) is 32.0 Å². The Bertz CT molecular complexity index is 616. The second-order valence-corrected chi connectivity index (χ2v) is 5.28. The molecule has 19 heavy (non-hydrogen) atoms. The Morgan fingerprint density at radius 1 is 1.37 bits per heavy atom. The molecular formula is C13H14BrClN4. The van der Waals surface area contributed by atoms with Gasteiger partial charge in [-0.3, -0.25) is 0 Å². The van der Waals surface area contributed by atoms with E-state index >= 15 is 0 Å². The van der Waals surface area contributed by atoms with E-state index < -0.39 is 0 Å². The molecule has 3 N–H and O–H groups in total. The number of benzene rings is 1.